The number of aromatic carboxylic acids is 1. The predicted octanol–water partition coefficient (Wildman–Crippen LogP) is 2.90. The molecule has 2 aromatic carbocycles. The van der Waals surface area contributed by atoms with E-state index in [1.165, 1.54) is 43.3 Å². The maximum Gasteiger partial charge on any atom is 0.337 e. The molecule has 0 saturated carbocycles. The van der Waals surface area contributed by atoms with Crippen molar-refractivity contribution in [1.82, 2.24) is 0 Å². The van der Waals surface area contributed by atoms with Crippen LogP contribution in [0.25, 0.3) is 0 Å². The summed E-state index contributed by atoms with van der Waals surface area (Å²) >= 11 is 0. The summed E-state index contributed by atoms with van der Waals surface area (Å²) in [4.78, 5) is 23.0. The van der Waals surface area contributed by atoms with E-state index in [1.54, 1.807) is 12.1 Å². The highest BCUT2D eigenvalue weighted by molar-refractivity contribution is 6.02. The molecule has 0 atom stereocenters. The maximum atomic E-state index is 12.9. The summed E-state index contributed by atoms with van der Waals surface area (Å²) in [5, 5.41) is 10.3. The highest BCUT2D eigenvalue weighted by Gasteiger charge is 2.18. The Morgan fingerprint density at radius 1 is 1.10 bits per heavy atom. The van der Waals surface area contributed by atoms with Crippen LogP contribution in [-0.4, -0.2) is 17.0 Å². The van der Waals surface area contributed by atoms with Gasteiger partial charge in [-0.2, -0.15) is 0 Å². The first-order valence-corrected chi connectivity index (χ1v) is 6.14. The van der Waals surface area contributed by atoms with Crippen LogP contribution in [0.5, 0.6) is 0 Å². The minimum absolute atomic E-state index is 0.0117. The van der Waals surface area contributed by atoms with Crippen molar-refractivity contribution in [3.63, 3.8) is 0 Å². The highest BCUT2D eigenvalue weighted by atomic mass is 19.1. The number of carbonyl (C=O) groups excluding carboxylic acids is 1. The van der Waals surface area contributed by atoms with Crippen molar-refractivity contribution < 1.29 is 19.1 Å². The van der Waals surface area contributed by atoms with E-state index in [0.717, 1.165) is 5.01 Å². The van der Waals surface area contributed by atoms with Gasteiger partial charge < -0.3 is 5.11 Å². The van der Waals surface area contributed by atoms with Crippen LogP contribution in [-0.2, 0) is 4.79 Å². The molecule has 0 aliphatic heterocycles. The van der Waals surface area contributed by atoms with E-state index in [-0.39, 0.29) is 11.3 Å². The van der Waals surface area contributed by atoms with Crippen molar-refractivity contribution >= 4 is 23.3 Å². The number of nitrogens with zero attached hydrogens (tertiary/aromatic N) is 1. The molecule has 108 valence electrons. The van der Waals surface area contributed by atoms with Crippen LogP contribution < -0.4 is 10.4 Å². The fraction of sp³-hybridized carbons (Fsp3) is 0.0667. The van der Waals surface area contributed by atoms with Gasteiger partial charge >= 0.3 is 5.97 Å². The Labute approximate surface area is 120 Å². The van der Waals surface area contributed by atoms with Gasteiger partial charge in [0.25, 0.3) is 0 Å². The first-order valence-electron chi connectivity index (χ1n) is 6.14. The number of hydrogen-bond donors (Lipinski definition) is 2. The lowest BCUT2D eigenvalue weighted by molar-refractivity contribution is -0.116. The second-order valence-corrected chi connectivity index (χ2v) is 4.30. The number of rotatable bonds is 4. The zero-order valence-corrected chi connectivity index (χ0v) is 11.2. The van der Waals surface area contributed by atoms with E-state index in [1.807, 2.05) is 0 Å². The van der Waals surface area contributed by atoms with E-state index < -0.39 is 17.7 Å². The molecule has 0 aliphatic rings. The number of amides is 1. The van der Waals surface area contributed by atoms with Crippen molar-refractivity contribution in [3.05, 3.63) is 59.9 Å². The molecular weight excluding hydrogens is 275 g/mol. The fourth-order valence-corrected chi connectivity index (χ4v) is 1.81. The van der Waals surface area contributed by atoms with E-state index in [2.05, 4.69) is 5.43 Å². The lowest BCUT2D eigenvalue weighted by atomic mass is 10.1. The number of hydrogen-bond acceptors (Lipinski definition) is 3. The third-order valence-electron chi connectivity index (χ3n) is 2.78. The van der Waals surface area contributed by atoms with Crippen LogP contribution in [0.3, 0.4) is 0 Å². The lowest BCUT2D eigenvalue weighted by Crippen LogP contribution is -2.35. The largest absolute Gasteiger partial charge is 0.478 e. The number of carboxylic acids is 1. The molecule has 0 aromatic heterocycles. The minimum atomic E-state index is -1.14. The Morgan fingerprint density at radius 3 is 2.29 bits per heavy atom. The van der Waals surface area contributed by atoms with Gasteiger partial charge in [-0.1, -0.05) is 12.1 Å². The summed E-state index contributed by atoms with van der Waals surface area (Å²) in [5.41, 5.74) is 3.43. The molecule has 0 saturated heterocycles. The van der Waals surface area contributed by atoms with Crippen LogP contribution >= 0.6 is 0 Å². The van der Waals surface area contributed by atoms with Crippen molar-refractivity contribution in [2.45, 2.75) is 6.92 Å². The molecule has 2 aromatic rings. The summed E-state index contributed by atoms with van der Waals surface area (Å²) in [6.07, 6.45) is 0. The summed E-state index contributed by atoms with van der Waals surface area (Å²) < 4.78 is 12.9. The second-order valence-electron chi connectivity index (χ2n) is 4.30. The van der Waals surface area contributed by atoms with Crippen LogP contribution in [0.2, 0.25) is 0 Å². The molecule has 0 aliphatic carbocycles. The van der Waals surface area contributed by atoms with Gasteiger partial charge in [-0.25, -0.2) is 14.2 Å². The molecular formula is C15H13FN2O3. The molecule has 2 rings (SSSR count). The fourth-order valence-electron chi connectivity index (χ4n) is 1.81. The van der Waals surface area contributed by atoms with Gasteiger partial charge in [-0.3, -0.25) is 10.2 Å². The van der Waals surface area contributed by atoms with E-state index in [0.29, 0.717) is 5.69 Å². The van der Waals surface area contributed by atoms with Gasteiger partial charge in [-0.05, 0) is 36.4 Å². The van der Waals surface area contributed by atoms with Crippen LogP contribution in [0, 0.1) is 5.82 Å². The van der Waals surface area contributed by atoms with E-state index in [9.17, 15) is 19.1 Å². The zero-order valence-electron chi connectivity index (χ0n) is 11.2. The molecule has 5 nitrogen and oxygen atoms in total. The van der Waals surface area contributed by atoms with Crippen molar-refractivity contribution in [1.29, 1.82) is 0 Å². The Bertz CT molecular complexity index is 671. The molecule has 0 heterocycles. The highest BCUT2D eigenvalue weighted by Crippen LogP contribution is 2.22. The Kier molecular flexibility index (Phi) is 4.18. The van der Waals surface area contributed by atoms with Gasteiger partial charge in [0.05, 0.1) is 16.9 Å². The molecule has 0 unspecified atom stereocenters. The molecule has 0 fully saturated rings. The predicted molar refractivity (Wildman–Crippen MR) is 76.6 cm³/mol. The van der Waals surface area contributed by atoms with Crippen molar-refractivity contribution in [2.24, 2.45) is 0 Å². The number of halogens is 1. The van der Waals surface area contributed by atoms with Gasteiger partial charge in [0.15, 0.2) is 0 Å². The number of hydrazine groups is 1. The summed E-state index contributed by atoms with van der Waals surface area (Å²) in [5.74, 6) is -1.94. The topological polar surface area (TPSA) is 69.6 Å². The van der Waals surface area contributed by atoms with Gasteiger partial charge in [-0.15, -0.1) is 0 Å². The third kappa shape index (κ3) is 3.36. The second kappa shape index (κ2) is 6.04. The summed E-state index contributed by atoms with van der Waals surface area (Å²) in [6.45, 7) is 1.30. The Morgan fingerprint density at radius 2 is 1.71 bits per heavy atom. The molecule has 1 amide bonds. The normalized spacial score (nSPS) is 10.0. The molecule has 0 spiro atoms. The number of benzene rings is 2. The van der Waals surface area contributed by atoms with Crippen LogP contribution in [0.1, 0.15) is 17.3 Å². The Balaban J connectivity index is 2.38. The van der Waals surface area contributed by atoms with E-state index in [4.69, 9.17) is 0 Å². The van der Waals surface area contributed by atoms with Crippen molar-refractivity contribution in [3.8, 4) is 0 Å². The first-order chi connectivity index (χ1) is 9.99. The third-order valence-corrected chi connectivity index (χ3v) is 2.78. The van der Waals surface area contributed by atoms with Gasteiger partial charge in [0, 0.05) is 6.92 Å². The quantitative estimate of drug-likeness (QED) is 0.849. The van der Waals surface area contributed by atoms with Gasteiger partial charge in [0.1, 0.15) is 5.82 Å². The van der Waals surface area contributed by atoms with Gasteiger partial charge in [0.2, 0.25) is 5.91 Å². The standard InChI is InChI=1S/C15H13FN2O3/c1-10(19)18(17-12-8-6-11(16)7-9-12)14-5-3-2-4-13(14)15(20)21/h2-9,17H,1H3,(H,20,21). The molecule has 2 N–H and O–H groups in total. The summed E-state index contributed by atoms with van der Waals surface area (Å²) in [7, 11) is 0. The number of carbonyl (C=O) groups is 2. The Hall–Kier alpha value is -2.89. The number of anilines is 2. The first kappa shape index (κ1) is 14.5. The van der Waals surface area contributed by atoms with Crippen LogP contribution in [0.4, 0.5) is 15.8 Å². The molecule has 0 radical (unpaired) electrons. The molecule has 21 heavy (non-hydrogen) atoms. The van der Waals surface area contributed by atoms with Crippen LogP contribution in [0.15, 0.2) is 48.5 Å². The average Bonchev–Trinajstić information content (AvgIpc) is 2.46. The van der Waals surface area contributed by atoms with E-state index >= 15 is 0 Å². The number of carboxylic acid groups (broad SMARTS) is 1. The van der Waals surface area contributed by atoms with Crippen molar-refractivity contribution in [2.75, 3.05) is 10.4 Å². The molecule has 0 bridgehead atoms. The smallest absolute Gasteiger partial charge is 0.337 e. The summed E-state index contributed by atoms with van der Waals surface area (Å²) in [6, 6.07) is 11.5. The minimum Gasteiger partial charge on any atom is -0.478 e. The zero-order chi connectivity index (χ0) is 15.4. The number of nitrogens with one attached hydrogen (secondary N) is 1. The number of para-hydroxylation sites is 1. The SMILES string of the molecule is CC(=O)N(Nc1ccc(F)cc1)c1ccccc1C(=O)O. The average molecular weight is 288 g/mol. The maximum absolute atomic E-state index is 12.9. The monoisotopic (exact) mass is 288 g/mol. The lowest BCUT2D eigenvalue weighted by Gasteiger charge is -2.24. The molecule has 6 heteroatoms.